The Kier molecular flexibility index (Phi) is 3.88. The van der Waals surface area contributed by atoms with Crippen LogP contribution in [0.5, 0.6) is 0 Å². The summed E-state index contributed by atoms with van der Waals surface area (Å²) in [4.78, 5) is 6.12. The lowest BCUT2D eigenvalue weighted by Gasteiger charge is -2.37. The number of aliphatic hydroxyl groups excluding tert-OH is 2. The molecule has 0 radical (unpaired) electrons. The van der Waals surface area contributed by atoms with Gasteiger partial charge in [-0.1, -0.05) is 0 Å². The van der Waals surface area contributed by atoms with E-state index in [2.05, 4.69) is 4.98 Å². The molecular formula is C12H20N2O2. The molecule has 0 unspecified atom stereocenters. The summed E-state index contributed by atoms with van der Waals surface area (Å²) in [7, 11) is 1.91. The van der Waals surface area contributed by atoms with Gasteiger partial charge < -0.3 is 15.1 Å². The van der Waals surface area contributed by atoms with Crippen LogP contribution < -0.4 is 4.90 Å². The molecule has 0 aliphatic heterocycles. The minimum atomic E-state index is -0.363. The molecule has 1 heterocycles. The van der Waals surface area contributed by atoms with Crippen molar-refractivity contribution in [1.82, 2.24) is 4.98 Å². The molecule has 4 nitrogen and oxygen atoms in total. The zero-order valence-corrected chi connectivity index (χ0v) is 10.4. The Labute approximate surface area is 96.6 Å². The summed E-state index contributed by atoms with van der Waals surface area (Å²) in [6.07, 6.45) is 1.68. The van der Waals surface area contributed by atoms with Crippen LogP contribution in [0.1, 0.15) is 25.1 Å². The average Bonchev–Trinajstić information content (AvgIpc) is 2.28. The van der Waals surface area contributed by atoms with Gasteiger partial charge in [-0.05, 0) is 26.8 Å². The van der Waals surface area contributed by atoms with Crippen molar-refractivity contribution in [3.8, 4) is 0 Å². The summed E-state index contributed by atoms with van der Waals surface area (Å²) in [5, 5.41) is 18.6. The summed E-state index contributed by atoms with van der Waals surface area (Å²) >= 11 is 0. The quantitative estimate of drug-likeness (QED) is 0.804. The molecule has 0 bridgehead atoms. The zero-order valence-electron chi connectivity index (χ0n) is 10.4. The Hall–Kier alpha value is -1.13. The van der Waals surface area contributed by atoms with Gasteiger partial charge in [0.05, 0.1) is 18.8 Å². The van der Waals surface area contributed by atoms with Gasteiger partial charge in [0.25, 0.3) is 0 Å². The van der Waals surface area contributed by atoms with Gasteiger partial charge in [-0.2, -0.15) is 0 Å². The van der Waals surface area contributed by atoms with Crippen LogP contribution in [0.25, 0.3) is 0 Å². The Bertz CT molecular complexity index is 364. The maximum atomic E-state index is 9.34. The van der Waals surface area contributed by atoms with E-state index in [0.717, 1.165) is 16.9 Å². The minimum Gasteiger partial charge on any atom is -0.394 e. The van der Waals surface area contributed by atoms with Crippen molar-refractivity contribution in [3.05, 3.63) is 23.5 Å². The first-order valence-electron chi connectivity index (χ1n) is 5.33. The normalized spacial score (nSPS) is 11.6. The summed E-state index contributed by atoms with van der Waals surface area (Å²) in [5.74, 6) is 0. The van der Waals surface area contributed by atoms with Crippen molar-refractivity contribution < 1.29 is 10.2 Å². The van der Waals surface area contributed by atoms with E-state index in [4.69, 9.17) is 0 Å². The van der Waals surface area contributed by atoms with Crippen LogP contribution >= 0.6 is 0 Å². The standard InChI is InChI=1S/C12H20N2O2/c1-9-5-11(10(7-15)6-13-9)14(4)12(2,3)8-16/h5-6,15-16H,7-8H2,1-4H3. The van der Waals surface area contributed by atoms with Crippen LogP contribution in [0.4, 0.5) is 5.69 Å². The molecule has 0 spiro atoms. The number of nitrogens with zero attached hydrogens (tertiary/aromatic N) is 2. The van der Waals surface area contributed by atoms with Gasteiger partial charge in [0.2, 0.25) is 0 Å². The summed E-state index contributed by atoms with van der Waals surface area (Å²) < 4.78 is 0. The number of anilines is 1. The highest BCUT2D eigenvalue weighted by atomic mass is 16.3. The molecule has 2 N–H and O–H groups in total. The Morgan fingerprint density at radius 2 is 2.00 bits per heavy atom. The molecule has 0 aliphatic rings. The van der Waals surface area contributed by atoms with E-state index < -0.39 is 0 Å². The van der Waals surface area contributed by atoms with Gasteiger partial charge >= 0.3 is 0 Å². The van der Waals surface area contributed by atoms with Crippen LogP contribution in [0.2, 0.25) is 0 Å². The van der Waals surface area contributed by atoms with E-state index in [0.29, 0.717) is 0 Å². The smallest absolute Gasteiger partial charge is 0.0717 e. The van der Waals surface area contributed by atoms with E-state index >= 15 is 0 Å². The van der Waals surface area contributed by atoms with E-state index in [1.165, 1.54) is 0 Å². The third kappa shape index (κ3) is 2.51. The molecule has 0 fully saturated rings. The van der Waals surface area contributed by atoms with E-state index in [9.17, 15) is 10.2 Å². The molecule has 0 aliphatic carbocycles. The highest BCUT2D eigenvalue weighted by Crippen LogP contribution is 2.26. The molecule has 0 aromatic carbocycles. The van der Waals surface area contributed by atoms with Crippen molar-refractivity contribution in [2.24, 2.45) is 0 Å². The first-order chi connectivity index (χ1) is 7.42. The van der Waals surface area contributed by atoms with Gasteiger partial charge in [-0.15, -0.1) is 0 Å². The molecule has 1 aromatic rings. The minimum absolute atomic E-state index is 0.0472. The Morgan fingerprint density at radius 1 is 1.38 bits per heavy atom. The molecule has 0 atom stereocenters. The number of aliphatic hydroxyl groups is 2. The SMILES string of the molecule is Cc1cc(N(C)C(C)(C)CO)c(CO)cn1. The van der Waals surface area contributed by atoms with Gasteiger partial charge in [-0.3, -0.25) is 4.98 Å². The Morgan fingerprint density at radius 3 is 2.50 bits per heavy atom. The number of likely N-dealkylation sites (N-methyl/N-ethyl adjacent to an activating group) is 1. The van der Waals surface area contributed by atoms with Gasteiger partial charge in [0.1, 0.15) is 0 Å². The number of aryl methyl sites for hydroxylation is 1. The first-order valence-corrected chi connectivity index (χ1v) is 5.33. The highest BCUT2D eigenvalue weighted by molar-refractivity contribution is 5.54. The van der Waals surface area contributed by atoms with Gasteiger partial charge in [0.15, 0.2) is 0 Å². The van der Waals surface area contributed by atoms with Crippen molar-refractivity contribution in [2.75, 3.05) is 18.6 Å². The maximum absolute atomic E-state index is 9.34. The molecule has 90 valence electrons. The molecule has 0 saturated heterocycles. The number of pyridine rings is 1. The first kappa shape index (κ1) is 12.9. The fourth-order valence-electron chi connectivity index (χ4n) is 1.44. The highest BCUT2D eigenvalue weighted by Gasteiger charge is 2.24. The van der Waals surface area contributed by atoms with Crippen molar-refractivity contribution in [1.29, 1.82) is 0 Å². The lowest BCUT2D eigenvalue weighted by atomic mass is 10.0. The third-order valence-corrected chi connectivity index (χ3v) is 2.93. The van der Waals surface area contributed by atoms with Crippen molar-refractivity contribution in [3.63, 3.8) is 0 Å². The number of aromatic nitrogens is 1. The van der Waals surface area contributed by atoms with E-state index in [-0.39, 0.29) is 18.8 Å². The predicted octanol–water partition coefficient (Wildman–Crippen LogP) is 1.09. The third-order valence-electron chi connectivity index (χ3n) is 2.93. The monoisotopic (exact) mass is 224 g/mol. The second-order valence-corrected chi connectivity index (χ2v) is 4.64. The Balaban J connectivity index is 3.16. The number of hydrogen-bond acceptors (Lipinski definition) is 4. The van der Waals surface area contributed by atoms with Crippen LogP contribution in [0.3, 0.4) is 0 Å². The summed E-state index contributed by atoms with van der Waals surface area (Å²) in [5.41, 5.74) is 2.22. The molecule has 4 heteroatoms. The molecule has 1 rings (SSSR count). The fraction of sp³-hybridized carbons (Fsp3) is 0.583. The van der Waals surface area contributed by atoms with Crippen molar-refractivity contribution in [2.45, 2.75) is 32.9 Å². The lowest BCUT2D eigenvalue weighted by molar-refractivity contribution is 0.215. The fourth-order valence-corrected chi connectivity index (χ4v) is 1.44. The second-order valence-electron chi connectivity index (χ2n) is 4.64. The second kappa shape index (κ2) is 4.80. The topological polar surface area (TPSA) is 56.6 Å². The molecule has 16 heavy (non-hydrogen) atoms. The van der Waals surface area contributed by atoms with Crippen molar-refractivity contribution >= 4 is 5.69 Å². The largest absolute Gasteiger partial charge is 0.394 e. The summed E-state index contributed by atoms with van der Waals surface area (Å²) in [6.45, 7) is 5.81. The molecule has 0 saturated carbocycles. The molecule has 1 aromatic heterocycles. The van der Waals surface area contributed by atoms with Gasteiger partial charge in [-0.25, -0.2) is 0 Å². The van der Waals surface area contributed by atoms with Gasteiger partial charge in [0, 0.05) is 30.2 Å². The van der Waals surface area contributed by atoms with E-state index in [1.54, 1.807) is 6.20 Å². The lowest BCUT2D eigenvalue weighted by Crippen LogP contribution is -2.44. The van der Waals surface area contributed by atoms with Crippen LogP contribution in [0.15, 0.2) is 12.3 Å². The average molecular weight is 224 g/mol. The summed E-state index contributed by atoms with van der Waals surface area (Å²) in [6, 6.07) is 1.92. The zero-order chi connectivity index (χ0) is 12.3. The van der Waals surface area contributed by atoms with Crippen LogP contribution in [-0.4, -0.2) is 34.4 Å². The number of rotatable bonds is 4. The van der Waals surface area contributed by atoms with Crippen LogP contribution in [0, 0.1) is 6.92 Å². The molecule has 0 amide bonds. The van der Waals surface area contributed by atoms with E-state index in [1.807, 2.05) is 38.8 Å². The predicted molar refractivity (Wildman–Crippen MR) is 64.5 cm³/mol. The molecular weight excluding hydrogens is 204 g/mol. The van der Waals surface area contributed by atoms with Crippen LogP contribution in [-0.2, 0) is 6.61 Å². The maximum Gasteiger partial charge on any atom is 0.0717 e. The number of hydrogen-bond donors (Lipinski definition) is 2.